The molecule has 1 unspecified atom stereocenters. The van der Waals surface area contributed by atoms with E-state index in [1.54, 1.807) is 19.1 Å². The number of aryl methyl sites for hydroxylation is 1. The van der Waals surface area contributed by atoms with Crippen LogP contribution in [-0.2, 0) is 10.9 Å². The van der Waals surface area contributed by atoms with E-state index in [4.69, 9.17) is 4.74 Å². The molecular weight excluding hydrogens is 345 g/mol. The lowest BCUT2D eigenvalue weighted by Gasteiger charge is -2.35. The maximum absolute atomic E-state index is 13.7. The van der Waals surface area contributed by atoms with Crippen molar-refractivity contribution in [2.24, 2.45) is 0 Å². The molecule has 1 atom stereocenters. The van der Waals surface area contributed by atoms with Gasteiger partial charge in [0.1, 0.15) is 0 Å². The number of rotatable bonds is 2. The summed E-state index contributed by atoms with van der Waals surface area (Å²) in [7, 11) is 0. The Bertz CT molecular complexity index is 874. The summed E-state index contributed by atoms with van der Waals surface area (Å²) in [4.78, 5) is 16.7. The maximum Gasteiger partial charge on any atom is 0.417 e. The smallest absolute Gasteiger partial charge is 0.377 e. The number of halogens is 3. The fourth-order valence-corrected chi connectivity index (χ4v) is 3.36. The summed E-state index contributed by atoms with van der Waals surface area (Å²) in [5.74, 6) is 0. The lowest BCUT2D eigenvalue weighted by Crippen LogP contribution is -2.44. The molecule has 1 aliphatic heterocycles. The first-order valence-electron chi connectivity index (χ1n) is 8.45. The molecule has 0 spiro atoms. The first-order chi connectivity index (χ1) is 12.2. The number of nitrogens with zero attached hydrogens (tertiary/aromatic N) is 1. The zero-order valence-corrected chi connectivity index (χ0v) is 14.9. The molecule has 2 heterocycles. The van der Waals surface area contributed by atoms with Crippen molar-refractivity contribution >= 4 is 5.69 Å². The molecule has 26 heavy (non-hydrogen) atoms. The third kappa shape index (κ3) is 3.49. The van der Waals surface area contributed by atoms with Crippen LogP contribution >= 0.6 is 0 Å². The van der Waals surface area contributed by atoms with Gasteiger partial charge in [-0.1, -0.05) is 12.1 Å². The summed E-state index contributed by atoms with van der Waals surface area (Å²) >= 11 is 0. The Kier molecular flexibility index (Phi) is 4.84. The highest BCUT2D eigenvalue weighted by Crippen LogP contribution is 2.40. The van der Waals surface area contributed by atoms with Gasteiger partial charge in [0.2, 0.25) is 5.56 Å². The van der Waals surface area contributed by atoms with Crippen LogP contribution in [0.3, 0.4) is 0 Å². The van der Waals surface area contributed by atoms with Crippen molar-refractivity contribution in [3.63, 3.8) is 0 Å². The number of aromatic amines is 1. The molecular formula is C19H21F3N2O2. The van der Waals surface area contributed by atoms with Crippen LogP contribution < -0.4 is 10.5 Å². The van der Waals surface area contributed by atoms with E-state index in [9.17, 15) is 18.0 Å². The number of alkyl halides is 3. The van der Waals surface area contributed by atoms with E-state index in [-0.39, 0.29) is 22.9 Å². The highest BCUT2D eigenvalue weighted by molar-refractivity contribution is 5.70. The van der Waals surface area contributed by atoms with Crippen molar-refractivity contribution in [3.05, 3.63) is 51.3 Å². The zero-order valence-electron chi connectivity index (χ0n) is 14.9. The monoisotopic (exact) mass is 366 g/mol. The van der Waals surface area contributed by atoms with E-state index < -0.39 is 17.3 Å². The summed E-state index contributed by atoms with van der Waals surface area (Å²) in [6.07, 6.45) is -4.51. The molecule has 0 aliphatic carbocycles. The van der Waals surface area contributed by atoms with E-state index in [2.05, 4.69) is 4.98 Å². The summed E-state index contributed by atoms with van der Waals surface area (Å²) in [6, 6.07) is 6.13. The average molecular weight is 366 g/mol. The minimum absolute atomic E-state index is 0.0135. The number of hydrogen-bond donors (Lipinski definition) is 1. The van der Waals surface area contributed by atoms with Gasteiger partial charge in [0, 0.05) is 29.9 Å². The van der Waals surface area contributed by atoms with Crippen molar-refractivity contribution in [3.8, 4) is 11.3 Å². The van der Waals surface area contributed by atoms with Crippen LogP contribution in [0.15, 0.2) is 29.1 Å². The van der Waals surface area contributed by atoms with Crippen molar-refractivity contribution in [1.82, 2.24) is 4.98 Å². The second-order valence-corrected chi connectivity index (χ2v) is 6.66. The first-order valence-corrected chi connectivity index (χ1v) is 8.45. The van der Waals surface area contributed by atoms with E-state index in [1.807, 2.05) is 11.8 Å². The topological polar surface area (TPSA) is 45.3 Å². The Balaban J connectivity index is 2.17. The van der Waals surface area contributed by atoms with Crippen LogP contribution in [0.4, 0.5) is 18.9 Å². The zero-order chi connectivity index (χ0) is 19.1. The highest BCUT2D eigenvalue weighted by Gasteiger charge is 2.36. The molecule has 0 radical (unpaired) electrons. The molecule has 3 rings (SSSR count). The molecule has 7 heteroatoms. The molecule has 1 N–H and O–H groups in total. The third-order valence-corrected chi connectivity index (χ3v) is 4.84. The molecule has 0 amide bonds. The Labute approximate surface area is 149 Å². The van der Waals surface area contributed by atoms with Crippen molar-refractivity contribution in [1.29, 1.82) is 0 Å². The fourth-order valence-electron chi connectivity index (χ4n) is 3.36. The van der Waals surface area contributed by atoms with Crippen LogP contribution in [0.1, 0.15) is 23.6 Å². The molecule has 0 saturated carbocycles. The predicted octanol–water partition coefficient (Wildman–Crippen LogP) is 3.90. The normalized spacial score (nSPS) is 18.2. The molecule has 0 bridgehead atoms. The van der Waals surface area contributed by atoms with Crippen LogP contribution in [0.25, 0.3) is 11.3 Å². The van der Waals surface area contributed by atoms with Gasteiger partial charge in [-0.2, -0.15) is 13.2 Å². The van der Waals surface area contributed by atoms with Gasteiger partial charge in [0.15, 0.2) is 0 Å². The quantitative estimate of drug-likeness (QED) is 0.877. The Morgan fingerprint density at radius 2 is 1.96 bits per heavy atom. The SMILES string of the molecule is Cc1ccc(-c2cc(N3CCOCC3C)cc(=O)[nH]2)c(C(F)(F)F)c1C. The average Bonchev–Trinajstić information content (AvgIpc) is 2.55. The van der Waals surface area contributed by atoms with Gasteiger partial charge in [0.25, 0.3) is 0 Å². The van der Waals surface area contributed by atoms with Crippen LogP contribution in [0, 0.1) is 13.8 Å². The molecule has 4 nitrogen and oxygen atoms in total. The molecule has 1 aromatic heterocycles. The molecule has 1 aliphatic rings. The second-order valence-electron chi connectivity index (χ2n) is 6.66. The van der Waals surface area contributed by atoms with Crippen LogP contribution in [0.2, 0.25) is 0 Å². The number of anilines is 1. The minimum atomic E-state index is -4.51. The van der Waals surface area contributed by atoms with Gasteiger partial charge in [-0.05, 0) is 38.0 Å². The lowest BCUT2D eigenvalue weighted by molar-refractivity contribution is -0.137. The molecule has 1 fully saturated rings. The molecule has 1 aromatic carbocycles. The van der Waals surface area contributed by atoms with E-state index in [0.29, 0.717) is 31.0 Å². The first kappa shape index (κ1) is 18.5. The van der Waals surface area contributed by atoms with Gasteiger partial charge in [0.05, 0.1) is 24.5 Å². The molecule has 140 valence electrons. The number of pyridine rings is 1. The van der Waals surface area contributed by atoms with E-state index in [0.717, 1.165) is 0 Å². The van der Waals surface area contributed by atoms with Gasteiger partial charge < -0.3 is 14.6 Å². The number of aromatic nitrogens is 1. The van der Waals surface area contributed by atoms with Gasteiger partial charge in [-0.15, -0.1) is 0 Å². The van der Waals surface area contributed by atoms with Crippen molar-refractivity contribution < 1.29 is 17.9 Å². The number of nitrogens with one attached hydrogen (secondary N) is 1. The van der Waals surface area contributed by atoms with Crippen molar-refractivity contribution in [2.45, 2.75) is 33.0 Å². The Morgan fingerprint density at radius 1 is 1.23 bits per heavy atom. The predicted molar refractivity (Wildman–Crippen MR) is 94.6 cm³/mol. The number of morpholine rings is 1. The third-order valence-electron chi connectivity index (χ3n) is 4.84. The summed E-state index contributed by atoms with van der Waals surface area (Å²) in [5.41, 5.74) is 0.346. The van der Waals surface area contributed by atoms with E-state index in [1.165, 1.54) is 19.1 Å². The number of H-pyrrole nitrogens is 1. The minimum Gasteiger partial charge on any atom is -0.377 e. The standard InChI is InChI=1S/C19H21F3N2O2/c1-11-4-5-15(18(13(11)3)19(20,21)22)16-8-14(9-17(25)23-16)24-6-7-26-10-12(24)2/h4-5,8-9,12H,6-7,10H2,1-3H3,(H,23,25). The second kappa shape index (κ2) is 6.79. The molecule has 1 saturated heterocycles. The van der Waals surface area contributed by atoms with Crippen LogP contribution in [-0.4, -0.2) is 30.8 Å². The van der Waals surface area contributed by atoms with Crippen molar-refractivity contribution in [2.75, 3.05) is 24.7 Å². The summed E-state index contributed by atoms with van der Waals surface area (Å²) in [6.45, 7) is 6.67. The van der Waals surface area contributed by atoms with E-state index >= 15 is 0 Å². The molecule has 2 aromatic rings. The maximum atomic E-state index is 13.7. The van der Waals surface area contributed by atoms with Gasteiger partial charge >= 0.3 is 6.18 Å². The number of hydrogen-bond acceptors (Lipinski definition) is 3. The summed E-state index contributed by atoms with van der Waals surface area (Å²) < 4.78 is 46.4. The summed E-state index contributed by atoms with van der Waals surface area (Å²) in [5, 5.41) is 0. The van der Waals surface area contributed by atoms with Gasteiger partial charge in [-0.3, -0.25) is 4.79 Å². The lowest BCUT2D eigenvalue weighted by atomic mass is 9.94. The largest absolute Gasteiger partial charge is 0.417 e. The van der Waals surface area contributed by atoms with Gasteiger partial charge in [-0.25, -0.2) is 0 Å². The Morgan fingerprint density at radius 3 is 2.62 bits per heavy atom. The number of ether oxygens (including phenoxy) is 1. The highest BCUT2D eigenvalue weighted by atomic mass is 19.4. The number of benzene rings is 1. The fraction of sp³-hybridized carbons (Fsp3) is 0.421. The Hall–Kier alpha value is -2.28. The van der Waals surface area contributed by atoms with Crippen LogP contribution in [0.5, 0.6) is 0 Å².